The van der Waals surface area contributed by atoms with E-state index in [1.165, 1.54) is 0 Å². The van der Waals surface area contributed by atoms with Gasteiger partial charge in [-0.2, -0.15) is 0 Å². The van der Waals surface area contributed by atoms with Crippen LogP contribution in [0.25, 0.3) is 17.1 Å². The molecule has 1 heterocycles. The van der Waals surface area contributed by atoms with Crippen LogP contribution in [0, 0.1) is 6.92 Å². The first-order valence-corrected chi connectivity index (χ1v) is 10.5. The number of aromatic nitrogens is 3. The van der Waals surface area contributed by atoms with Crippen molar-refractivity contribution in [2.45, 2.75) is 6.92 Å². The first-order chi connectivity index (χ1) is 15.9. The predicted octanol–water partition coefficient (Wildman–Crippen LogP) is 4.94. The minimum atomic E-state index is -0.793. The summed E-state index contributed by atoms with van der Waals surface area (Å²) in [5, 5.41) is 4.88. The van der Waals surface area contributed by atoms with Crippen LogP contribution in [0.5, 0.6) is 5.75 Å². The van der Waals surface area contributed by atoms with Gasteiger partial charge in [-0.1, -0.05) is 35.4 Å². The third-order valence-electron chi connectivity index (χ3n) is 4.88. The molecule has 8 heteroatoms. The van der Waals surface area contributed by atoms with Crippen molar-refractivity contribution in [3.63, 3.8) is 0 Å². The predicted molar refractivity (Wildman–Crippen MR) is 124 cm³/mol. The second-order valence-corrected chi connectivity index (χ2v) is 7.68. The number of aryl methyl sites for hydroxylation is 1. The number of ketones is 1. The van der Waals surface area contributed by atoms with Gasteiger partial charge in [0, 0.05) is 16.1 Å². The number of carbonyl (C=O) groups is 2. The number of benzene rings is 3. The molecule has 0 radical (unpaired) electrons. The normalized spacial score (nSPS) is 10.6. The fraction of sp³-hybridized carbons (Fsp3) is 0.120. The summed E-state index contributed by atoms with van der Waals surface area (Å²) in [6.45, 7) is 1.53. The number of ether oxygens (including phenoxy) is 2. The Kier molecular flexibility index (Phi) is 6.51. The summed E-state index contributed by atoms with van der Waals surface area (Å²) in [5.41, 5.74) is 2.91. The maximum Gasteiger partial charge on any atom is 0.378 e. The third-order valence-corrected chi connectivity index (χ3v) is 5.14. The average molecular weight is 462 g/mol. The summed E-state index contributed by atoms with van der Waals surface area (Å²) in [4.78, 5) is 29.4. The Bertz CT molecular complexity index is 1300. The van der Waals surface area contributed by atoms with E-state index in [-0.39, 0.29) is 11.6 Å². The van der Waals surface area contributed by atoms with E-state index >= 15 is 0 Å². The number of halogens is 1. The van der Waals surface area contributed by atoms with E-state index in [0.29, 0.717) is 27.8 Å². The Balaban J connectivity index is 1.61. The molecule has 7 nitrogen and oxygen atoms in total. The molecule has 0 aliphatic heterocycles. The van der Waals surface area contributed by atoms with E-state index in [1.807, 2.05) is 43.3 Å². The van der Waals surface area contributed by atoms with Gasteiger partial charge in [0.05, 0.1) is 12.8 Å². The Morgan fingerprint density at radius 2 is 1.73 bits per heavy atom. The number of hydrogen-bond acceptors (Lipinski definition) is 6. The number of hydrogen-bond donors (Lipinski definition) is 0. The topological polar surface area (TPSA) is 83.3 Å². The Hall–Kier alpha value is -3.97. The van der Waals surface area contributed by atoms with Gasteiger partial charge in [0.25, 0.3) is 5.82 Å². The van der Waals surface area contributed by atoms with Gasteiger partial charge in [-0.3, -0.25) is 4.79 Å². The second kappa shape index (κ2) is 9.67. The fourth-order valence-electron chi connectivity index (χ4n) is 3.19. The molecule has 0 aliphatic carbocycles. The van der Waals surface area contributed by atoms with Crippen LogP contribution >= 0.6 is 11.6 Å². The number of esters is 1. The van der Waals surface area contributed by atoms with Crippen LogP contribution in [0.1, 0.15) is 26.5 Å². The summed E-state index contributed by atoms with van der Waals surface area (Å²) in [6.07, 6.45) is 0. The lowest BCUT2D eigenvalue weighted by atomic mass is 10.1. The van der Waals surface area contributed by atoms with Crippen LogP contribution in [-0.4, -0.2) is 40.2 Å². The molecule has 0 saturated heterocycles. The molecule has 0 amide bonds. The molecule has 0 bridgehead atoms. The highest BCUT2D eigenvalue weighted by atomic mass is 35.5. The van der Waals surface area contributed by atoms with Gasteiger partial charge in [-0.15, -0.1) is 5.10 Å². The lowest BCUT2D eigenvalue weighted by Crippen LogP contribution is -2.15. The zero-order valence-electron chi connectivity index (χ0n) is 18.0. The van der Waals surface area contributed by atoms with Gasteiger partial charge in [-0.05, 0) is 61.5 Å². The summed E-state index contributed by atoms with van der Waals surface area (Å²) >= 11 is 5.85. The van der Waals surface area contributed by atoms with Crippen LogP contribution in [0.2, 0.25) is 5.02 Å². The monoisotopic (exact) mass is 461 g/mol. The Labute approximate surface area is 195 Å². The van der Waals surface area contributed by atoms with Crippen LogP contribution in [0.4, 0.5) is 0 Å². The Morgan fingerprint density at radius 3 is 2.39 bits per heavy atom. The summed E-state index contributed by atoms with van der Waals surface area (Å²) in [7, 11) is 1.59. The minimum absolute atomic E-state index is 0.147. The van der Waals surface area contributed by atoms with Crippen molar-refractivity contribution >= 4 is 23.4 Å². The molecule has 0 N–H and O–H groups in total. The van der Waals surface area contributed by atoms with E-state index in [4.69, 9.17) is 21.1 Å². The van der Waals surface area contributed by atoms with Crippen LogP contribution in [0.3, 0.4) is 0 Å². The van der Waals surface area contributed by atoms with Gasteiger partial charge in [0.1, 0.15) is 5.75 Å². The highest BCUT2D eigenvalue weighted by Crippen LogP contribution is 2.24. The molecule has 0 aliphatic rings. The molecule has 0 unspecified atom stereocenters. The van der Waals surface area contributed by atoms with Crippen molar-refractivity contribution in [2.24, 2.45) is 0 Å². The van der Waals surface area contributed by atoms with Crippen molar-refractivity contribution in [1.82, 2.24) is 14.8 Å². The smallest absolute Gasteiger partial charge is 0.378 e. The number of rotatable bonds is 7. The molecule has 1 aromatic heterocycles. The van der Waals surface area contributed by atoms with Crippen molar-refractivity contribution in [1.29, 1.82) is 0 Å². The van der Waals surface area contributed by atoms with Crippen molar-refractivity contribution in [3.8, 4) is 22.8 Å². The van der Waals surface area contributed by atoms with E-state index < -0.39 is 12.6 Å². The van der Waals surface area contributed by atoms with Gasteiger partial charge < -0.3 is 9.47 Å². The average Bonchev–Trinajstić information content (AvgIpc) is 3.28. The Morgan fingerprint density at radius 1 is 1.00 bits per heavy atom. The van der Waals surface area contributed by atoms with Crippen molar-refractivity contribution in [3.05, 3.63) is 94.8 Å². The molecule has 33 heavy (non-hydrogen) atoms. The summed E-state index contributed by atoms with van der Waals surface area (Å²) < 4.78 is 12.0. The molecule has 3 aromatic carbocycles. The third kappa shape index (κ3) is 5.10. The van der Waals surface area contributed by atoms with Crippen molar-refractivity contribution in [2.75, 3.05) is 13.7 Å². The zero-order chi connectivity index (χ0) is 23.4. The summed E-state index contributed by atoms with van der Waals surface area (Å²) in [6, 6.07) is 21.3. The molecule has 4 rings (SSSR count). The van der Waals surface area contributed by atoms with E-state index in [9.17, 15) is 9.59 Å². The van der Waals surface area contributed by atoms with Gasteiger partial charge in [-0.25, -0.2) is 14.5 Å². The fourth-order valence-corrected chi connectivity index (χ4v) is 3.31. The molecule has 0 fully saturated rings. The number of nitrogens with zero attached hydrogens (tertiary/aromatic N) is 3. The maximum absolute atomic E-state index is 12.7. The minimum Gasteiger partial charge on any atom is -0.497 e. The van der Waals surface area contributed by atoms with Gasteiger partial charge >= 0.3 is 5.97 Å². The molecule has 4 aromatic rings. The largest absolute Gasteiger partial charge is 0.497 e. The number of methoxy groups -OCH3 is 1. The standard InChI is InChI=1S/C25H20ClN3O4/c1-16-4-3-5-18(14-16)24-27-23(28-29(24)20-10-12-21(32-2)13-11-20)25(31)33-15-22(30)17-6-8-19(26)9-7-17/h3-14H,15H2,1-2H3. The lowest BCUT2D eigenvalue weighted by Gasteiger charge is -2.07. The van der Waals surface area contributed by atoms with Crippen LogP contribution in [-0.2, 0) is 4.74 Å². The molecule has 0 saturated carbocycles. The molecule has 166 valence electrons. The highest BCUT2D eigenvalue weighted by Gasteiger charge is 2.21. The molecular formula is C25H20ClN3O4. The van der Waals surface area contributed by atoms with Crippen LogP contribution < -0.4 is 4.74 Å². The zero-order valence-corrected chi connectivity index (χ0v) is 18.7. The number of carbonyl (C=O) groups excluding carboxylic acids is 2. The maximum atomic E-state index is 12.7. The number of Topliss-reactive ketones (excluding diaryl/α,β-unsaturated/α-hetero) is 1. The summed E-state index contributed by atoms with van der Waals surface area (Å²) in [5.74, 6) is -0.130. The highest BCUT2D eigenvalue weighted by molar-refractivity contribution is 6.30. The quantitative estimate of drug-likeness (QED) is 0.286. The molecule has 0 spiro atoms. The molecule has 0 atom stereocenters. The first-order valence-electron chi connectivity index (χ1n) is 10.1. The van der Waals surface area contributed by atoms with Gasteiger partial charge in [0.2, 0.25) is 0 Å². The van der Waals surface area contributed by atoms with E-state index in [0.717, 1.165) is 11.1 Å². The van der Waals surface area contributed by atoms with E-state index in [2.05, 4.69) is 10.1 Å². The second-order valence-electron chi connectivity index (χ2n) is 7.24. The van der Waals surface area contributed by atoms with E-state index in [1.54, 1.807) is 48.2 Å². The SMILES string of the molecule is COc1ccc(-n2nc(C(=O)OCC(=O)c3ccc(Cl)cc3)nc2-c2cccc(C)c2)cc1. The van der Waals surface area contributed by atoms with Crippen LogP contribution in [0.15, 0.2) is 72.8 Å². The van der Waals surface area contributed by atoms with Crippen molar-refractivity contribution < 1.29 is 19.1 Å². The van der Waals surface area contributed by atoms with Gasteiger partial charge in [0.15, 0.2) is 18.2 Å². The molecular weight excluding hydrogens is 442 g/mol. The first kappa shape index (κ1) is 22.2. The lowest BCUT2D eigenvalue weighted by molar-refractivity contribution is 0.0462.